The molecule has 214 valence electrons. The van der Waals surface area contributed by atoms with E-state index in [2.05, 4.69) is 21.2 Å². The number of sulfonamides is 1. The molecule has 1 atom stereocenters. The fraction of sp³-hybridized carbons (Fsp3) is 0.355. The van der Waals surface area contributed by atoms with E-state index in [1.54, 1.807) is 12.1 Å². The quantitative estimate of drug-likeness (QED) is 0.311. The number of para-hydroxylation sites is 1. The molecule has 3 aromatic rings. The van der Waals surface area contributed by atoms with E-state index in [1.165, 1.54) is 4.90 Å². The van der Waals surface area contributed by atoms with Crippen LogP contribution in [0.2, 0.25) is 0 Å². The lowest BCUT2D eigenvalue weighted by atomic mass is 10.0. The van der Waals surface area contributed by atoms with Crippen molar-refractivity contribution < 1.29 is 18.0 Å². The molecule has 1 N–H and O–H groups in total. The third kappa shape index (κ3) is 8.93. The molecule has 0 spiro atoms. The lowest BCUT2D eigenvalue weighted by Crippen LogP contribution is -2.56. The van der Waals surface area contributed by atoms with E-state index >= 15 is 0 Å². The van der Waals surface area contributed by atoms with Gasteiger partial charge in [-0.3, -0.25) is 13.9 Å². The first-order valence-electron chi connectivity index (χ1n) is 13.2. The molecule has 0 aliphatic rings. The number of nitrogens with one attached hydrogen (secondary N) is 1. The maximum absolute atomic E-state index is 14.2. The maximum Gasteiger partial charge on any atom is 0.244 e. The van der Waals surface area contributed by atoms with Gasteiger partial charge in [0.25, 0.3) is 0 Å². The number of benzene rings is 3. The van der Waals surface area contributed by atoms with Gasteiger partial charge in [-0.2, -0.15) is 0 Å². The normalized spacial score (nSPS) is 12.4. The van der Waals surface area contributed by atoms with Crippen molar-refractivity contribution in [3.8, 4) is 0 Å². The van der Waals surface area contributed by atoms with Gasteiger partial charge in [-0.15, -0.1) is 0 Å². The second-order valence-corrected chi connectivity index (χ2v) is 13.7. The second-order valence-electron chi connectivity index (χ2n) is 10.8. The Hall–Kier alpha value is -3.17. The van der Waals surface area contributed by atoms with E-state index in [1.807, 2.05) is 94.4 Å². The van der Waals surface area contributed by atoms with Gasteiger partial charge in [-0.05, 0) is 62.1 Å². The molecule has 0 aliphatic carbocycles. The van der Waals surface area contributed by atoms with Crippen molar-refractivity contribution in [2.24, 2.45) is 0 Å². The van der Waals surface area contributed by atoms with Gasteiger partial charge in [-0.25, -0.2) is 8.42 Å². The van der Waals surface area contributed by atoms with Gasteiger partial charge in [0, 0.05) is 23.0 Å². The van der Waals surface area contributed by atoms with Crippen LogP contribution in [-0.4, -0.2) is 49.5 Å². The average molecular weight is 629 g/mol. The molecule has 40 heavy (non-hydrogen) atoms. The fourth-order valence-corrected chi connectivity index (χ4v) is 5.59. The topological polar surface area (TPSA) is 86.8 Å². The number of carbonyl (C=O) groups is 2. The number of carbonyl (C=O) groups excluding carboxylic acids is 2. The highest BCUT2D eigenvalue weighted by molar-refractivity contribution is 9.10. The Morgan fingerprint density at radius 2 is 1.50 bits per heavy atom. The molecule has 3 rings (SSSR count). The molecule has 0 fully saturated rings. The zero-order valence-electron chi connectivity index (χ0n) is 23.7. The van der Waals surface area contributed by atoms with Crippen molar-refractivity contribution in [2.45, 2.75) is 58.7 Å². The minimum Gasteiger partial charge on any atom is -0.350 e. The summed E-state index contributed by atoms with van der Waals surface area (Å²) in [5.41, 5.74) is 2.45. The summed E-state index contributed by atoms with van der Waals surface area (Å²) >= 11 is 3.45. The summed E-state index contributed by atoms with van der Waals surface area (Å²) in [6, 6.07) is 23.3. The van der Waals surface area contributed by atoms with E-state index < -0.39 is 34.1 Å². The smallest absolute Gasteiger partial charge is 0.244 e. The van der Waals surface area contributed by atoms with E-state index in [9.17, 15) is 18.0 Å². The van der Waals surface area contributed by atoms with Crippen LogP contribution in [-0.2, 0) is 39.0 Å². The summed E-state index contributed by atoms with van der Waals surface area (Å²) < 4.78 is 28.0. The Morgan fingerprint density at radius 3 is 2.08 bits per heavy atom. The van der Waals surface area contributed by atoms with Gasteiger partial charge >= 0.3 is 0 Å². The zero-order valence-corrected chi connectivity index (χ0v) is 26.1. The first kappa shape index (κ1) is 31.4. The number of halogens is 1. The van der Waals surface area contributed by atoms with Crippen molar-refractivity contribution in [1.29, 1.82) is 0 Å². The lowest BCUT2D eigenvalue weighted by Gasteiger charge is -2.35. The summed E-state index contributed by atoms with van der Waals surface area (Å²) in [7, 11) is -3.81. The summed E-state index contributed by atoms with van der Waals surface area (Å²) in [4.78, 5) is 29.4. The van der Waals surface area contributed by atoms with E-state index in [0.717, 1.165) is 31.7 Å². The number of rotatable bonds is 11. The first-order valence-corrected chi connectivity index (χ1v) is 15.9. The Morgan fingerprint density at radius 1 is 0.900 bits per heavy atom. The molecule has 0 aliphatic heterocycles. The van der Waals surface area contributed by atoms with Crippen LogP contribution in [0.3, 0.4) is 0 Å². The molecule has 0 radical (unpaired) electrons. The van der Waals surface area contributed by atoms with Crippen molar-refractivity contribution in [1.82, 2.24) is 10.2 Å². The Balaban J connectivity index is 2.09. The van der Waals surface area contributed by atoms with Crippen molar-refractivity contribution >= 4 is 43.5 Å². The monoisotopic (exact) mass is 627 g/mol. The summed E-state index contributed by atoms with van der Waals surface area (Å²) in [6.07, 6.45) is 1.97. The van der Waals surface area contributed by atoms with Gasteiger partial charge in [0.05, 0.1) is 11.9 Å². The van der Waals surface area contributed by atoms with Gasteiger partial charge < -0.3 is 10.2 Å². The Bertz CT molecular complexity index is 1400. The van der Waals surface area contributed by atoms with Crippen LogP contribution in [0.4, 0.5) is 5.69 Å². The predicted octanol–water partition coefficient (Wildman–Crippen LogP) is 5.33. The van der Waals surface area contributed by atoms with Crippen LogP contribution >= 0.6 is 15.9 Å². The van der Waals surface area contributed by atoms with Crippen LogP contribution in [0.5, 0.6) is 0 Å². The summed E-state index contributed by atoms with van der Waals surface area (Å²) in [5.74, 6) is -0.772. The fourth-order valence-electron chi connectivity index (χ4n) is 4.44. The first-order chi connectivity index (χ1) is 18.8. The number of aryl methyl sites for hydroxylation is 1. The van der Waals surface area contributed by atoms with Crippen LogP contribution in [0.1, 0.15) is 44.4 Å². The molecular formula is C31H38BrN3O4S. The van der Waals surface area contributed by atoms with E-state index in [0.29, 0.717) is 12.1 Å². The highest BCUT2D eigenvalue weighted by atomic mass is 79.9. The lowest BCUT2D eigenvalue weighted by molar-refractivity contribution is -0.140. The maximum atomic E-state index is 14.2. The number of nitrogens with zero attached hydrogens (tertiary/aromatic N) is 2. The van der Waals surface area contributed by atoms with Crippen LogP contribution in [0.25, 0.3) is 0 Å². The Labute approximate surface area is 246 Å². The predicted molar refractivity (Wildman–Crippen MR) is 165 cm³/mol. The van der Waals surface area contributed by atoms with Gasteiger partial charge in [0.15, 0.2) is 0 Å². The van der Waals surface area contributed by atoms with Crippen LogP contribution < -0.4 is 9.62 Å². The Kier molecular flexibility index (Phi) is 10.6. The van der Waals surface area contributed by atoms with E-state index in [-0.39, 0.29) is 18.9 Å². The SMILES string of the molecule is CCc1ccccc1N(CC(=O)N(Cc1ccc(Br)cc1)[C@H](Cc1ccccc1)C(=O)NC(C)(C)C)S(C)(=O)=O. The molecule has 0 aromatic heterocycles. The second kappa shape index (κ2) is 13.5. The molecular weight excluding hydrogens is 590 g/mol. The number of hydrogen-bond donors (Lipinski definition) is 1. The minimum atomic E-state index is -3.81. The average Bonchev–Trinajstić information content (AvgIpc) is 2.89. The molecule has 9 heteroatoms. The van der Waals surface area contributed by atoms with Crippen molar-refractivity contribution in [3.05, 3.63) is 100 Å². The summed E-state index contributed by atoms with van der Waals surface area (Å²) in [5, 5.41) is 3.03. The van der Waals surface area contributed by atoms with Gasteiger partial charge in [0.1, 0.15) is 12.6 Å². The zero-order chi connectivity index (χ0) is 29.5. The number of amides is 2. The van der Waals surface area contributed by atoms with Gasteiger partial charge in [-0.1, -0.05) is 83.5 Å². The number of hydrogen-bond acceptors (Lipinski definition) is 4. The molecule has 0 saturated heterocycles. The molecule has 7 nitrogen and oxygen atoms in total. The molecule has 0 unspecified atom stereocenters. The van der Waals surface area contributed by atoms with Crippen LogP contribution in [0, 0.1) is 0 Å². The largest absolute Gasteiger partial charge is 0.350 e. The molecule has 0 bridgehead atoms. The third-order valence-electron chi connectivity index (χ3n) is 6.36. The molecule has 0 saturated carbocycles. The summed E-state index contributed by atoms with van der Waals surface area (Å²) in [6.45, 7) is 7.30. The van der Waals surface area contributed by atoms with Crippen molar-refractivity contribution in [2.75, 3.05) is 17.1 Å². The van der Waals surface area contributed by atoms with Crippen molar-refractivity contribution in [3.63, 3.8) is 0 Å². The molecule has 2 amide bonds. The van der Waals surface area contributed by atoms with Crippen LogP contribution in [0.15, 0.2) is 83.3 Å². The number of anilines is 1. The highest BCUT2D eigenvalue weighted by Crippen LogP contribution is 2.25. The standard InChI is InChI=1S/C31H38BrN3O4S/c1-6-25-14-10-11-15-27(25)35(40(5,38)39)22-29(36)34(21-24-16-18-26(32)19-17-24)28(30(37)33-31(2,3)4)20-23-12-8-7-9-13-23/h7-19,28H,6,20-22H2,1-5H3,(H,33,37)/t28-/m1/s1. The third-order valence-corrected chi connectivity index (χ3v) is 8.01. The molecule has 0 heterocycles. The highest BCUT2D eigenvalue weighted by Gasteiger charge is 2.34. The van der Waals surface area contributed by atoms with E-state index in [4.69, 9.17) is 0 Å². The minimum absolute atomic E-state index is 0.133. The molecule has 3 aromatic carbocycles. The van der Waals surface area contributed by atoms with Gasteiger partial charge in [0.2, 0.25) is 21.8 Å².